The number of rotatable bonds is 7. The highest BCUT2D eigenvalue weighted by molar-refractivity contribution is 6.22. The first-order chi connectivity index (χ1) is 29.7. The molecule has 0 aliphatic carbocycles. The van der Waals surface area contributed by atoms with E-state index in [1.807, 2.05) is 0 Å². The summed E-state index contributed by atoms with van der Waals surface area (Å²) < 4.78 is 0. The van der Waals surface area contributed by atoms with Crippen LogP contribution in [0.5, 0.6) is 0 Å². The fraction of sp³-hybridized carbons (Fsp3) is 0. The van der Waals surface area contributed by atoms with E-state index in [0.29, 0.717) is 0 Å². The summed E-state index contributed by atoms with van der Waals surface area (Å²) >= 11 is 0. The molecule has 0 aliphatic rings. The Hall–Kier alpha value is -7.80. The second kappa shape index (κ2) is 15.2. The van der Waals surface area contributed by atoms with Gasteiger partial charge in [-0.05, 0) is 141 Å². The summed E-state index contributed by atoms with van der Waals surface area (Å²) in [6, 6.07) is 88.7. The van der Waals surface area contributed by atoms with Crippen LogP contribution in [0.25, 0.3) is 110 Å². The Morgan fingerprint density at radius 3 is 1.02 bits per heavy atom. The molecule has 0 saturated heterocycles. The van der Waals surface area contributed by atoms with Crippen molar-refractivity contribution in [3.8, 4) is 77.9 Å². The van der Waals surface area contributed by atoms with Gasteiger partial charge in [0.25, 0.3) is 0 Å². The minimum Gasteiger partial charge on any atom is -0.0622 e. The normalized spacial score (nSPS) is 11.3. The molecule has 0 bridgehead atoms. The van der Waals surface area contributed by atoms with E-state index >= 15 is 0 Å². The Bertz CT molecular complexity index is 3300. The molecule has 280 valence electrons. The zero-order chi connectivity index (χ0) is 39.8. The molecule has 0 amide bonds. The summed E-state index contributed by atoms with van der Waals surface area (Å²) in [5, 5.41) is 7.46. The Morgan fingerprint density at radius 2 is 0.500 bits per heavy atom. The van der Waals surface area contributed by atoms with Crippen LogP contribution in [0.2, 0.25) is 0 Å². The smallest absolute Gasteiger partial charge is 0.00201 e. The number of benzene rings is 11. The summed E-state index contributed by atoms with van der Waals surface area (Å²) in [7, 11) is 0. The monoisotopic (exact) mass is 760 g/mol. The Kier molecular flexibility index (Phi) is 8.95. The third kappa shape index (κ3) is 6.46. The van der Waals surface area contributed by atoms with E-state index in [1.54, 1.807) is 0 Å². The fourth-order valence-corrected chi connectivity index (χ4v) is 9.15. The SMILES string of the molecule is c1ccc(-c2cccc(-c3cccc(-c4ccccc4-c4c5ccccc5c(-c5ccc6cc(-c7cccc(-c8ccccc8)c7)ccc6c5)c5ccccc45)c3)c2)cc1. The molecule has 0 radical (unpaired) electrons. The first kappa shape index (κ1) is 35.4. The van der Waals surface area contributed by atoms with Crippen LogP contribution in [-0.4, -0.2) is 0 Å². The van der Waals surface area contributed by atoms with Gasteiger partial charge in [0.15, 0.2) is 0 Å². The van der Waals surface area contributed by atoms with Crippen molar-refractivity contribution in [2.24, 2.45) is 0 Å². The largest absolute Gasteiger partial charge is 0.0622 e. The number of fused-ring (bicyclic) bond motifs is 3. The lowest BCUT2D eigenvalue weighted by Crippen LogP contribution is -1.93. The second-order valence-electron chi connectivity index (χ2n) is 15.6. The maximum atomic E-state index is 2.37. The van der Waals surface area contributed by atoms with Gasteiger partial charge in [-0.25, -0.2) is 0 Å². The molecule has 11 rings (SSSR count). The van der Waals surface area contributed by atoms with Gasteiger partial charge in [0.05, 0.1) is 0 Å². The molecule has 0 aromatic heterocycles. The minimum atomic E-state index is 1.20. The van der Waals surface area contributed by atoms with E-state index in [9.17, 15) is 0 Å². The minimum absolute atomic E-state index is 1.20. The van der Waals surface area contributed by atoms with Gasteiger partial charge in [-0.3, -0.25) is 0 Å². The van der Waals surface area contributed by atoms with Crippen molar-refractivity contribution in [3.05, 3.63) is 243 Å². The lowest BCUT2D eigenvalue weighted by Gasteiger charge is -2.20. The Balaban J connectivity index is 1.02. The van der Waals surface area contributed by atoms with Crippen LogP contribution in [0.3, 0.4) is 0 Å². The van der Waals surface area contributed by atoms with Crippen molar-refractivity contribution < 1.29 is 0 Å². The molecule has 0 heteroatoms. The fourth-order valence-electron chi connectivity index (χ4n) is 9.15. The Morgan fingerprint density at radius 1 is 0.167 bits per heavy atom. The molecule has 0 aliphatic heterocycles. The van der Waals surface area contributed by atoms with E-state index < -0.39 is 0 Å². The van der Waals surface area contributed by atoms with Crippen molar-refractivity contribution in [2.75, 3.05) is 0 Å². The standard InChI is InChI=1S/C60H40/c1-3-16-41(17-4-1)43-20-13-22-45(36-43)47-24-15-25-51(39-47)53-26-7-8-27-54(53)60-57-30-11-9-28-55(57)59(56-29-10-12-31-58(56)60)52-35-34-49-38-48(32-33-50(49)40-52)46-23-14-21-44(37-46)42-18-5-2-6-19-42/h1-40H. The highest BCUT2D eigenvalue weighted by atomic mass is 14.2. The second-order valence-corrected chi connectivity index (χ2v) is 15.6. The van der Waals surface area contributed by atoms with Gasteiger partial charge in [0.2, 0.25) is 0 Å². The van der Waals surface area contributed by atoms with Crippen LogP contribution in [0.4, 0.5) is 0 Å². The maximum Gasteiger partial charge on any atom is -0.00201 e. The molecule has 11 aromatic rings. The molecule has 0 heterocycles. The van der Waals surface area contributed by atoms with E-state index in [0.717, 1.165) is 0 Å². The number of hydrogen-bond donors (Lipinski definition) is 0. The third-order valence-corrected chi connectivity index (χ3v) is 12.0. The summed E-state index contributed by atoms with van der Waals surface area (Å²) in [6.45, 7) is 0. The van der Waals surface area contributed by atoms with E-state index in [-0.39, 0.29) is 0 Å². The first-order valence-electron chi connectivity index (χ1n) is 20.7. The van der Waals surface area contributed by atoms with Crippen LogP contribution >= 0.6 is 0 Å². The predicted octanol–water partition coefficient (Wildman–Crippen LogP) is 16.8. The highest BCUT2D eigenvalue weighted by Gasteiger charge is 2.19. The summed E-state index contributed by atoms with van der Waals surface area (Å²) in [5.74, 6) is 0. The van der Waals surface area contributed by atoms with Gasteiger partial charge >= 0.3 is 0 Å². The van der Waals surface area contributed by atoms with Crippen LogP contribution in [0.15, 0.2) is 243 Å². The van der Waals surface area contributed by atoms with Crippen LogP contribution in [-0.2, 0) is 0 Å². The number of hydrogen-bond acceptors (Lipinski definition) is 0. The van der Waals surface area contributed by atoms with E-state index in [1.165, 1.54) is 110 Å². The maximum absolute atomic E-state index is 2.37. The molecule has 0 atom stereocenters. The van der Waals surface area contributed by atoms with Gasteiger partial charge in [0.1, 0.15) is 0 Å². The zero-order valence-corrected chi connectivity index (χ0v) is 33.1. The van der Waals surface area contributed by atoms with Crippen LogP contribution < -0.4 is 0 Å². The van der Waals surface area contributed by atoms with Crippen molar-refractivity contribution in [2.45, 2.75) is 0 Å². The van der Waals surface area contributed by atoms with Gasteiger partial charge in [0, 0.05) is 0 Å². The van der Waals surface area contributed by atoms with Crippen molar-refractivity contribution in [1.29, 1.82) is 0 Å². The summed E-state index contributed by atoms with van der Waals surface area (Å²) in [4.78, 5) is 0. The molecule has 0 unspecified atom stereocenters. The third-order valence-electron chi connectivity index (χ3n) is 12.0. The summed E-state index contributed by atoms with van der Waals surface area (Å²) in [5.41, 5.74) is 17.2. The molecule has 0 N–H and O–H groups in total. The molecule has 0 spiro atoms. The van der Waals surface area contributed by atoms with E-state index in [2.05, 4.69) is 243 Å². The Labute approximate surface area is 351 Å². The lowest BCUT2D eigenvalue weighted by molar-refractivity contribution is 1.57. The molecule has 60 heavy (non-hydrogen) atoms. The predicted molar refractivity (Wildman–Crippen MR) is 257 cm³/mol. The van der Waals surface area contributed by atoms with Crippen LogP contribution in [0, 0.1) is 0 Å². The average molecular weight is 761 g/mol. The van der Waals surface area contributed by atoms with Gasteiger partial charge in [-0.2, -0.15) is 0 Å². The first-order valence-corrected chi connectivity index (χ1v) is 20.7. The molecule has 0 nitrogen and oxygen atoms in total. The van der Waals surface area contributed by atoms with Crippen molar-refractivity contribution in [1.82, 2.24) is 0 Å². The van der Waals surface area contributed by atoms with E-state index in [4.69, 9.17) is 0 Å². The van der Waals surface area contributed by atoms with Gasteiger partial charge in [-0.1, -0.05) is 212 Å². The molecule has 0 fully saturated rings. The highest BCUT2D eigenvalue weighted by Crippen LogP contribution is 2.47. The van der Waals surface area contributed by atoms with Crippen LogP contribution in [0.1, 0.15) is 0 Å². The van der Waals surface area contributed by atoms with Gasteiger partial charge in [-0.15, -0.1) is 0 Å². The van der Waals surface area contributed by atoms with Gasteiger partial charge < -0.3 is 0 Å². The zero-order valence-electron chi connectivity index (χ0n) is 33.1. The summed E-state index contributed by atoms with van der Waals surface area (Å²) in [6.07, 6.45) is 0. The molecular weight excluding hydrogens is 721 g/mol. The molecular formula is C60H40. The average Bonchev–Trinajstić information content (AvgIpc) is 3.33. The quantitative estimate of drug-likeness (QED) is 0.142. The molecule has 0 saturated carbocycles. The topological polar surface area (TPSA) is 0 Å². The molecule has 11 aromatic carbocycles. The lowest BCUT2D eigenvalue weighted by atomic mass is 9.83. The van der Waals surface area contributed by atoms with Crippen molar-refractivity contribution in [3.63, 3.8) is 0 Å². The van der Waals surface area contributed by atoms with Crippen molar-refractivity contribution >= 4 is 32.3 Å².